The van der Waals surface area contributed by atoms with Crippen molar-refractivity contribution in [2.24, 2.45) is 4.99 Å². The van der Waals surface area contributed by atoms with E-state index in [0.717, 1.165) is 24.4 Å². The summed E-state index contributed by atoms with van der Waals surface area (Å²) in [6.07, 6.45) is 1.46. The molecule has 2 aliphatic heterocycles. The minimum Gasteiger partial charge on any atom is -0.435 e. The molecule has 1 amide bonds. The van der Waals surface area contributed by atoms with Crippen LogP contribution in [-0.4, -0.2) is 73.7 Å². The molecule has 2 fully saturated rings. The second-order valence-corrected chi connectivity index (χ2v) is 7.01. The summed E-state index contributed by atoms with van der Waals surface area (Å²) in [5, 5.41) is 3.27. The molecule has 2 saturated heterocycles. The third-order valence-corrected chi connectivity index (χ3v) is 4.97. The average molecular weight is 410 g/mol. The fourth-order valence-electron chi connectivity index (χ4n) is 3.53. The van der Waals surface area contributed by atoms with Crippen molar-refractivity contribution in [2.45, 2.75) is 39.0 Å². The molecule has 1 unspecified atom stereocenters. The van der Waals surface area contributed by atoms with E-state index >= 15 is 0 Å². The first kappa shape index (κ1) is 21.3. The lowest BCUT2D eigenvalue weighted by atomic mass is 10.2. The van der Waals surface area contributed by atoms with Gasteiger partial charge in [-0.2, -0.15) is 8.78 Å². The Kier molecular flexibility index (Phi) is 7.62. The van der Waals surface area contributed by atoms with E-state index in [0.29, 0.717) is 45.9 Å². The van der Waals surface area contributed by atoms with Gasteiger partial charge in [0.25, 0.3) is 5.91 Å². The molecule has 0 aromatic heterocycles. The van der Waals surface area contributed by atoms with Crippen molar-refractivity contribution < 1.29 is 23.0 Å². The number of carbonyl (C=O) groups is 1. The highest BCUT2D eigenvalue weighted by Gasteiger charge is 2.30. The molecule has 1 aromatic carbocycles. The van der Waals surface area contributed by atoms with Crippen molar-refractivity contribution in [2.75, 3.05) is 39.3 Å². The Balaban J connectivity index is 1.57. The number of alkyl halides is 2. The fourth-order valence-corrected chi connectivity index (χ4v) is 3.53. The number of hydrogen-bond acceptors (Lipinski definition) is 4. The summed E-state index contributed by atoms with van der Waals surface area (Å²) in [6.45, 7) is 3.47. The highest BCUT2D eigenvalue weighted by Crippen LogP contribution is 2.18. The van der Waals surface area contributed by atoms with Crippen LogP contribution in [0.1, 0.15) is 25.3 Å². The zero-order valence-corrected chi connectivity index (χ0v) is 16.7. The number of benzene rings is 1. The lowest BCUT2D eigenvalue weighted by Gasteiger charge is -2.37. The number of nitrogens with zero attached hydrogens (tertiary/aromatic N) is 3. The van der Waals surface area contributed by atoms with E-state index in [9.17, 15) is 13.6 Å². The van der Waals surface area contributed by atoms with Gasteiger partial charge in [-0.3, -0.25) is 4.79 Å². The van der Waals surface area contributed by atoms with Gasteiger partial charge in [0.05, 0.1) is 6.54 Å². The second-order valence-electron chi connectivity index (χ2n) is 7.01. The molecule has 0 saturated carbocycles. The number of piperazine rings is 1. The first-order chi connectivity index (χ1) is 14.1. The van der Waals surface area contributed by atoms with Crippen LogP contribution in [0.3, 0.4) is 0 Å². The van der Waals surface area contributed by atoms with Crippen LogP contribution in [0, 0.1) is 0 Å². The first-order valence-electron chi connectivity index (χ1n) is 10.0. The number of rotatable bonds is 6. The van der Waals surface area contributed by atoms with Crippen LogP contribution in [-0.2, 0) is 16.1 Å². The van der Waals surface area contributed by atoms with Gasteiger partial charge in [-0.25, -0.2) is 4.99 Å². The summed E-state index contributed by atoms with van der Waals surface area (Å²) in [5.74, 6) is 0.954. The second kappa shape index (κ2) is 10.4. The number of carbonyl (C=O) groups excluding carboxylic acids is 1. The number of guanidine groups is 1. The van der Waals surface area contributed by atoms with Gasteiger partial charge >= 0.3 is 6.61 Å². The number of amides is 1. The fraction of sp³-hybridized carbons (Fsp3) is 0.600. The van der Waals surface area contributed by atoms with Gasteiger partial charge in [-0.15, -0.1) is 0 Å². The van der Waals surface area contributed by atoms with Gasteiger partial charge in [0.1, 0.15) is 11.9 Å². The monoisotopic (exact) mass is 410 g/mol. The Hall–Kier alpha value is -2.42. The maximum atomic E-state index is 12.5. The Bertz CT molecular complexity index is 703. The van der Waals surface area contributed by atoms with E-state index in [2.05, 4.69) is 19.9 Å². The lowest BCUT2D eigenvalue weighted by Crippen LogP contribution is -2.55. The smallest absolute Gasteiger partial charge is 0.387 e. The number of nitrogens with one attached hydrogen (secondary N) is 1. The molecule has 9 heteroatoms. The van der Waals surface area contributed by atoms with Crippen LogP contribution in [0.5, 0.6) is 5.75 Å². The zero-order valence-electron chi connectivity index (χ0n) is 16.7. The Morgan fingerprint density at radius 3 is 2.72 bits per heavy atom. The topological polar surface area (TPSA) is 66.4 Å². The van der Waals surface area contributed by atoms with E-state index < -0.39 is 6.61 Å². The molecule has 0 spiro atoms. The summed E-state index contributed by atoms with van der Waals surface area (Å²) < 4.78 is 34.7. The van der Waals surface area contributed by atoms with Crippen molar-refractivity contribution in [1.29, 1.82) is 0 Å². The van der Waals surface area contributed by atoms with Gasteiger partial charge in [0.2, 0.25) is 0 Å². The Morgan fingerprint density at radius 1 is 1.31 bits per heavy atom. The third kappa shape index (κ3) is 6.03. The first-order valence-corrected chi connectivity index (χ1v) is 10.0. The predicted octanol–water partition coefficient (Wildman–Crippen LogP) is 2.08. The Morgan fingerprint density at radius 2 is 2.07 bits per heavy atom. The normalized spacial score (nSPS) is 20.3. The van der Waals surface area contributed by atoms with Crippen LogP contribution in [0.2, 0.25) is 0 Å². The molecular weight excluding hydrogens is 382 g/mol. The summed E-state index contributed by atoms with van der Waals surface area (Å²) in [5.41, 5.74) is 0.783. The van der Waals surface area contributed by atoms with Crippen molar-refractivity contribution in [3.05, 3.63) is 29.8 Å². The molecule has 0 bridgehead atoms. The minimum absolute atomic E-state index is 0.0833. The molecule has 2 heterocycles. The van der Waals surface area contributed by atoms with Crippen molar-refractivity contribution >= 4 is 11.9 Å². The minimum atomic E-state index is -2.85. The molecule has 0 radical (unpaired) electrons. The summed E-state index contributed by atoms with van der Waals surface area (Å²) in [4.78, 5) is 21.1. The summed E-state index contributed by atoms with van der Waals surface area (Å²) in [7, 11) is 0. The molecule has 160 valence electrons. The van der Waals surface area contributed by atoms with Gasteiger partial charge in [0, 0.05) is 39.3 Å². The van der Waals surface area contributed by atoms with Crippen LogP contribution < -0.4 is 10.1 Å². The lowest BCUT2D eigenvalue weighted by molar-refractivity contribution is -0.142. The highest BCUT2D eigenvalue weighted by atomic mass is 19.3. The number of ether oxygens (including phenoxy) is 2. The summed E-state index contributed by atoms with van der Waals surface area (Å²) in [6, 6.07) is 6.56. The largest absolute Gasteiger partial charge is 0.435 e. The number of halogens is 2. The SMILES string of the molecule is CCNC(=NCc1cccc(OC(F)F)c1)N1CCN(C(=O)C2CCCO2)CC1. The van der Waals surface area contributed by atoms with Crippen LogP contribution in [0.4, 0.5) is 8.78 Å². The van der Waals surface area contributed by atoms with E-state index in [4.69, 9.17) is 4.74 Å². The molecular formula is C20H28F2N4O3. The molecule has 1 N–H and O–H groups in total. The van der Waals surface area contributed by atoms with E-state index in [1.54, 1.807) is 12.1 Å². The molecule has 0 aliphatic carbocycles. The van der Waals surface area contributed by atoms with Gasteiger partial charge in [-0.1, -0.05) is 12.1 Å². The van der Waals surface area contributed by atoms with Crippen LogP contribution in [0.15, 0.2) is 29.3 Å². The van der Waals surface area contributed by atoms with E-state index in [1.165, 1.54) is 6.07 Å². The van der Waals surface area contributed by atoms with Crippen LogP contribution in [0.25, 0.3) is 0 Å². The maximum absolute atomic E-state index is 12.5. The molecule has 2 aliphatic rings. The van der Waals surface area contributed by atoms with Gasteiger partial charge in [0.15, 0.2) is 5.96 Å². The van der Waals surface area contributed by atoms with Crippen LogP contribution >= 0.6 is 0 Å². The standard InChI is InChI=1S/C20H28F2N4O3/c1-2-23-20(24-14-15-5-3-6-16(13-15)29-19(21)22)26-10-8-25(9-11-26)18(27)17-7-4-12-28-17/h3,5-6,13,17,19H,2,4,7-12,14H2,1H3,(H,23,24). The van der Waals surface area contributed by atoms with Crippen molar-refractivity contribution in [3.8, 4) is 5.75 Å². The average Bonchev–Trinajstić information content (AvgIpc) is 3.25. The maximum Gasteiger partial charge on any atom is 0.387 e. The zero-order chi connectivity index (χ0) is 20.6. The van der Waals surface area contributed by atoms with E-state index in [1.807, 2.05) is 17.9 Å². The Labute approximate surface area is 169 Å². The predicted molar refractivity (Wildman–Crippen MR) is 105 cm³/mol. The molecule has 1 atom stereocenters. The van der Waals surface area contributed by atoms with Gasteiger partial charge in [-0.05, 0) is 37.5 Å². The molecule has 3 rings (SSSR count). The molecule has 29 heavy (non-hydrogen) atoms. The third-order valence-electron chi connectivity index (χ3n) is 4.97. The van der Waals surface area contributed by atoms with Gasteiger partial charge < -0.3 is 24.6 Å². The number of hydrogen-bond donors (Lipinski definition) is 1. The molecule has 1 aromatic rings. The highest BCUT2D eigenvalue weighted by molar-refractivity contribution is 5.82. The number of aliphatic imine (C=N–C) groups is 1. The van der Waals surface area contributed by atoms with E-state index in [-0.39, 0.29) is 17.8 Å². The summed E-state index contributed by atoms with van der Waals surface area (Å²) >= 11 is 0. The van der Waals surface area contributed by atoms with Crippen molar-refractivity contribution in [1.82, 2.24) is 15.1 Å². The molecule has 7 nitrogen and oxygen atoms in total. The van der Waals surface area contributed by atoms with Crippen molar-refractivity contribution in [3.63, 3.8) is 0 Å². The quantitative estimate of drug-likeness (QED) is 0.575.